The largest absolute Gasteiger partial charge is 0.482 e. The first-order chi connectivity index (χ1) is 9.63. The third-order valence-corrected chi connectivity index (χ3v) is 3.54. The van der Waals surface area contributed by atoms with Gasteiger partial charge in [0.2, 0.25) is 0 Å². The van der Waals surface area contributed by atoms with Crippen LogP contribution in [-0.4, -0.2) is 41.7 Å². The molecule has 0 bridgehead atoms. The summed E-state index contributed by atoms with van der Waals surface area (Å²) < 4.78 is 5.46. The van der Waals surface area contributed by atoms with Gasteiger partial charge in [0.05, 0.1) is 11.6 Å². The average molecular weight is 300 g/mol. The van der Waals surface area contributed by atoms with Gasteiger partial charge >= 0.3 is 0 Å². The third kappa shape index (κ3) is 4.69. The number of hydrogen-bond donors (Lipinski definition) is 1. The summed E-state index contributed by atoms with van der Waals surface area (Å²) in [4.78, 5) is 13.9. The van der Waals surface area contributed by atoms with Gasteiger partial charge in [0.25, 0.3) is 5.91 Å². The van der Waals surface area contributed by atoms with Crippen LogP contribution in [0.2, 0.25) is 5.02 Å². The number of benzene rings is 1. The molecule has 1 N–H and O–H groups in total. The number of para-hydroxylation sites is 1. The van der Waals surface area contributed by atoms with Gasteiger partial charge in [-0.15, -0.1) is 0 Å². The summed E-state index contributed by atoms with van der Waals surface area (Å²) >= 11 is 5.98. The molecule has 0 radical (unpaired) electrons. The van der Waals surface area contributed by atoms with Gasteiger partial charge in [-0.2, -0.15) is 0 Å². The molecule has 1 amide bonds. The molecule has 0 fully saturated rings. The van der Waals surface area contributed by atoms with E-state index in [0.29, 0.717) is 17.3 Å². The Morgan fingerprint density at radius 3 is 2.55 bits per heavy atom. The molecule has 4 nitrogen and oxygen atoms in total. The molecule has 0 aromatic heterocycles. The molecule has 1 aromatic rings. The minimum absolute atomic E-state index is 0.0473. The molecule has 0 aliphatic heterocycles. The van der Waals surface area contributed by atoms with Crippen LogP contribution in [0.3, 0.4) is 0 Å². The SMILES string of the molecule is CCC(CC)N(CCO)C(=O)COc1ccccc1Cl. The second kappa shape index (κ2) is 8.82. The minimum atomic E-state index is -0.132. The topological polar surface area (TPSA) is 49.8 Å². The first-order valence-electron chi connectivity index (χ1n) is 6.91. The van der Waals surface area contributed by atoms with Crippen LogP contribution in [0, 0.1) is 0 Å². The molecule has 0 heterocycles. The first-order valence-corrected chi connectivity index (χ1v) is 7.29. The molecule has 0 spiro atoms. The molecule has 0 atom stereocenters. The maximum Gasteiger partial charge on any atom is 0.260 e. The molecule has 5 heteroatoms. The van der Waals surface area contributed by atoms with E-state index in [-0.39, 0.29) is 25.2 Å². The Kier molecular flexibility index (Phi) is 7.41. The van der Waals surface area contributed by atoms with Crippen LogP contribution in [-0.2, 0) is 4.79 Å². The molecule has 0 unspecified atom stereocenters. The van der Waals surface area contributed by atoms with E-state index >= 15 is 0 Å². The zero-order valence-corrected chi connectivity index (χ0v) is 12.8. The molecule has 20 heavy (non-hydrogen) atoms. The van der Waals surface area contributed by atoms with Gasteiger partial charge in [0, 0.05) is 12.6 Å². The predicted molar refractivity (Wildman–Crippen MR) is 80.1 cm³/mol. The van der Waals surface area contributed by atoms with Crippen molar-refractivity contribution in [3.05, 3.63) is 29.3 Å². The van der Waals surface area contributed by atoms with Gasteiger partial charge in [-0.05, 0) is 25.0 Å². The maximum atomic E-state index is 12.2. The fourth-order valence-corrected chi connectivity index (χ4v) is 2.32. The molecule has 1 rings (SSSR count). The average Bonchev–Trinajstić information content (AvgIpc) is 2.46. The molecule has 1 aromatic carbocycles. The van der Waals surface area contributed by atoms with Crippen molar-refractivity contribution in [1.29, 1.82) is 0 Å². The van der Waals surface area contributed by atoms with E-state index in [2.05, 4.69) is 0 Å². The van der Waals surface area contributed by atoms with Crippen LogP contribution in [0.5, 0.6) is 5.75 Å². The Morgan fingerprint density at radius 1 is 1.35 bits per heavy atom. The van der Waals surface area contributed by atoms with Gasteiger partial charge in [-0.25, -0.2) is 0 Å². The van der Waals surface area contributed by atoms with Crippen molar-refractivity contribution in [1.82, 2.24) is 4.90 Å². The van der Waals surface area contributed by atoms with Crippen molar-refractivity contribution in [3.8, 4) is 5.75 Å². The summed E-state index contributed by atoms with van der Waals surface area (Å²) in [5.74, 6) is 0.365. The highest BCUT2D eigenvalue weighted by atomic mass is 35.5. The number of halogens is 1. The van der Waals surface area contributed by atoms with Crippen LogP contribution in [0.25, 0.3) is 0 Å². The van der Waals surface area contributed by atoms with Crippen molar-refractivity contribution in [2.45, 2.75) is 32.7 Å². The number of hydrogen-bond acceptors (Lipinski definition) is 3. The number of aliphatic hydroxyl groups is 1. The number of rotatable bonds is 8. The quantitative estimate of drug-likeness (QED) is 0.803. The van der Waals surface area contributed by atoms with Crippen molar-refractivity contribution in [3.63, 3.8) is 0 Å². The lowest BCUT2D eigenvalue weighted by molar-refractivity contribution is -0.136. The van der Waals surface area contributed by atoms with Gasteiger partial charge in [0.15, 0.2) is 6.61 Å². The number of carbonyl (C=O) groups excluding carboxylic acids is 1. The molecule has 112 valence electrons. The highest BCUT2D eigenvalue weighted by Crippen LogP contribution is 2.23. The van der Waals surface area contributed by atoms with Crippen LogP contribution >= 0.6 is 11.6 Å². The zero-order chi connectivity index (χ0) is 15.0. The summed E-state index contributed by atoms with van der Waals surface area (Å²) in [6.07, 6.45) is 1.71. The van der Waals surface area contributed by atoms with Gasteiger partial charge in [-0.3, -0.25) is 4.79 Å². The van der Waals surface area contributed by atoms with Gasteiger partial charge in [-0.1, -0.05) is 37.6 Å². The molecular weight excluding hydrogens is 278 g/mol. The summed E-state index contributed by atoms with van der Waals surface area (Å²) in [5.41, 5.74) is 0. The monoisotopic (exact) mass is 299 g/mol. The van der Waals surface area contributed by atoms with Crippen LogP contribution in [0.1, 0.15) is 26.7 Å². The van der Waals surface area contributed by atoms with E-state index < -0.39 is 0 Å². The second-order valence-corrected chi connectivity index (χ2v) is 4.91. The van der Waals surface area contributed by atoms with Crippen LogP contribution < -0.4 is 4.74 Å². The van der Waals surface area contributed by atoms with E-state index in [1.165, 1.54) is 0 Å². The Hall–Kier alpha value is -1.26. The lowest BCUT2D eigenvalue weighted by Gasteiger charge is -2.30. The van der Waals surface area contributed by atoms with Crippen molar-refractivity contribution >= 4 is 17.5 Å². The molecule has 0 aliphatic rings. The Morgan fingerprint density at radius 2 is 2.00 bits per heavy atom. The van der Waals surface area contributed by atoms with Crippen molar-refractivity contribution in [2.75, 3.05) is 19.8 Å². The fourth-order valence-electron chi connectivity index (χ4n) is 2.13. The summed E-state index contributed by atoms with van der Waals surface area (Å²) in [7, 11) is 0. The van der Waals surface area contributed by atoms with Crippen molar-refractivity contribution in [2.24, 2.45) is 0 Å². The first kappa shape index (κ1) is 16.8. The summed E-state index contributed by atoms with van der Waals surface area (Å²) in [6.45, 7) is 4.27. The van der Waals surface area contributed by atoms with Crippen molar-refractivity contribution < 1.29 is 14.6 Å². The molecule has 0 saturated heterocycles. The zero-order valence-electron chi connectivity index (χ0n) is 12.0. The smallest absolute Gasteiger partial charge is 0.260 e. The molecule has 0 saturated carbocycles. The summed E-state index contributed by atoms with van der Waals surface area (Å²) in [6, 6.07) is 7.18. The number of carbonyl (C=O) groups is 1. The Labute approximate surface area is 125 Å². The maximum absolute atomic E-state index is 12.2. The lowest BCUT2D eigenvalue weighted by atomic mass is 10.1. The standard InChI is InChI=1S/C15H22ClNO3/c1-3-12(4-2)17(9-10-18)15(19)11-20-14-8-6-5-7-13(14)16/h5-8,12,18H,3-4,9-11H2,1-2H3. The van der Waals surface area contributed by atoms with E-state index in [1.807, 2.05) is 13.8 Å². The number of amides is 1. The predicted octanol–water partition coefficient (Wildman–Crippen LogP) is 2.73. The number of nitrogens with zero attached hydrogens (tertiary/aromatic N) is 1. The fraction of sp³-hybridized carbons (Fsp3) is 0.533. The number of ether oxygens (including phenoxy) is 1. The highest BCUT2D eigenvalue weighted by Gasteiger charge is 2.21. The molecular formula is C15H22ClNO3. The van der Waals surface area contributed by atoms with Gasteiger partial charge < -0.3 is 14.7 Å². The van der Waals surface area contributed by atoms with Crippen LogP contribution in [0.4, 0.5) is 0 Å². The normalized spacial score (nSPS) is 10.7. The Bertz CT molecular complexity index is 421. The molecule has 0 aliphatic carbocycles. The van der Waals surface area contributed by atoms with Gasteiger partial charge in [0.1, 0.15) is 5.75 Å². The van der Waals surface area contributed by atoms with E-state index in [4.69, 9.17) is 21.4 Å². The van der Waals surface area contributed by atoms with E-state index in [9.17, 15) is 4.79 Å². The van der Waals surface area contributed by atoms with E-state index in [0.717, 1.165) is 12.8 Å². The third-order valence-electron chi connectivity index (χ3n) is 3.23. The lowest BCUT2D eigenvalue weighted by Crippen LogP contribution is -2.44. The minimum Gasteiger partial charge on any atom is -0.482 e. The number of aliphatic hydroxyl groups excluding tert-OH is 1. The highest BCUT2D eigenvalue weighted by molar-refractivity contribution is 6.32. The Balaban J connectivity index is 2.64. The summed E-state index contributed by atoms with van der Waals surface area (Å²) in [5, 5.41) is 9.58. The van der Waals surface area contributed by atoms with E-state index in [1.54, 1.807) is 29.2 Å². The second-order valence-electron chi connectivity index (χ2n) is 4.50. The van der Waals surface area contributed by atoms with Crippen LogP contribution in [0.15, 0.2) is 24.3 Å².